The molecule has 1 aromatic rings. The van der Waals surface area contributed by atoms with E-state index in [1.54, 1.807) is 32.0 Å². The van der Waals surface area contributed by atoms with Crippen molar-refractivity contribution >= 4 is 11.7 Å². The normalized spacial score (nSPS) is 11.2. The number of hydrogen-bond acceptors (Lipinski definition) is 3. The van der Waals surface area contributed by atoms with Gasteiger partial charge in [-0.1, -0.05) is 32.0 Å². The van der Waals surface area contributed by atoms with Gasteiger partial charge >= 0.3 is 5.97 Å². The van der Waals surface area contributed by atoms with Crippen LogP contribution in [0.15, 0.2) is 24.3 Å². The Kier molecular flexibility index (Phi) is 4.42. The van der Waals surface area contributed by atoms with Crippen molar-refractivity contribution < 1.29 is 14.8 Å². The first-order valence-electron chi connectivity index (χ1n) is 5.92. The van der Waals surface area contributed by atoms with E-state index >= 15 is 0 Å². The minimum absolute atomic E-state index is 0.00924. The lowest BCUT2D eigenvalue weighted by Gasteiger charge is -2.26. The van der Waals surface area contributed by atoms with Crippen molar-refractivity contribution in [2.75, 3.05) is 0 Å². The third kappa shape index (κ3) is 2.67. The molecule has 0 aliphatic rings. The molecule has 0 fully saturated rings. The number of carboxylic acids is 1. The van der Waals surface area contributed by atoms with Gasteiger partial charge in [-0.3, -0.25) is 14.9 Å². The first-order chi connectivity index (χ1) is 8.46. The second-order valence-electron chi connectivity index (χ2n) is 4.36. The zero-order chi connectivity index (χ0) is 13.8. The van der Waals surface area contributed by atoms with Gasteiger partial charge in [0.2, 0.25) is 0 Å². The standard InChI is InChI=1S/C13H17NO4/c1-3-13(4-2,12(15)16)9-10-7-5-6-8-11(10)14(17)18/h5-8H,3-4,9H2,1-2H3,(H,15,16). The molecule has 0 saturated heterocycles. The fourth-order valence-electron chi connectivity index (χ4n) is 2.08. The highest BCUT2D eigenvalue weighted by Gasteiger charge is 2.36. The van der Waals surface area contributed by atoms with Crippen molar-refractivity contribution in [1.82, 2.24) is 0 Å². The van der Waals surface area contributed by atoms with E-state index in [4.69, 9.17) is 0 Å². The number of nitrogens with zero attached hydrogens (tertiary/aromatic N) is 1. The summed E-state index contributed by atoms with van der Waals surface area (Å²) in [5.74, 6) is -0.898. The monoisotopic (exact) mass is 251 g/mol. The Morgan fingerprint density at radius 1 is 1.33 bits per heavy atom. The second-order valence-corrected chi connectivity index (χ2v) is 4.36. The lowest BCUT2D eigenvalue weighted by Crippen LogP contribution is -2.32. The quantitative estimate of drug-likeness (QED) is 0.622. The van der Waals surface area contributed by atoms with E-state index in [1.807, 2.05) is 0 Å². The predicted octanol–water partition coefficient (Wildman–Crippen LogP) is 3.03. The summed E-state index contributed by atoms with van der Waals surface area (Å²) >= 11 is 0. The van der Waals surface area contributed by atoms with E-state index < -0.39 is 16.3 Å². The molecule has 0 bridgehead atoms. The van der Waals surface area contributed by atoms with Gasteiger partial charge in [-0.15, -0.1) is 0 Å². The van der Waals surface area contributed by atoms with Gasteiger partial charge in [-0.25, -0.2) is 0 Å². The fourth-order valence-corrected chi connectivity index (χ4v) is 2.08. The number of rotatable bonds is 6. The molecule has 5 heteroatoms. The van der Waals surface area contributed by atoms with Gasteiger partial charge in [-0.2, -0.15) is 0 Å². The van der Waals surface area contributed by atoms with Crippen LogP contribution in [0.4, 0.5) is 5.69 Å². The number of carbonyl (C=O) groups is 1. The van der Waals surface area contributed by atoms with Gasteiger partial charge < -0.3 is 5.11 Å². The zero-order valence-corrected chi connectivity index (χ0v) is 10.5. The van der Waals surface area contributed by atoms with Crippen LogP contribution < -0.4 is 0 Å². The molecule has 1 aromatic carbocycles. The summed E-state index contributed by atoms with van der Waals surface area (Å²) in [5, 5.41) is 20.3. The molecular weight excluding hydrogens is 234 g/mol. The number of para-hydroxylation sites is 1. The highest BCUT2D eigenvalue weighted by Crippen LogP contribution is 2.34. The minimum atomic E-state index is -0.924. The van der Waals surface area contributed by atoms with E-state index in [1.165, 1.54) is 6.07 Å². The Hall–Kier alpha value is -1.91. The molecule has 1 rings (SSSR count). The molecule has 0 aromatic heterocycles. The van der Waals surface area contributed by atoms with Crippen molar-refractivity contribution in [3.63, 3.8) is 0 Å². The van der Waals surface area contributed by atoms with Crippen LogP contribution in [-0.2, 0) is 11.2 Å². The number of benzene rings is 1. The van der Waals surface area contributed by atoms with E-state index in [-0.39, 0.29) is 12.1 Å². The Bertz CT molecular complexity index is 452. The van der Waals surface area contributed by atoms with E-state index in [0.29, 0.717) is 18.4 Å². The SMILES string of the molecule is CCC(CC)(Cc1ccccc1[N+](=O)[O-])C(=O)O. The van der Waals surface area contributed by atoms with Gasteiger partial charge in [0.15, 0.2) is 0 Å². The maximum Gasteiger partial charge on any atom is 0.309 e. The van der Waals surface area contributed by atoms with Gasteiger partial charge in [-0.05, 0) is 19.3 Å². The molecule has 0 amide bonds. The Balaban J connectivity index is 3.16. The zero-order valence-electron chi connectivity index (χ0n) is 10.5. The van der Waals surface area contributed by atoms with Crippen molar-refractivity contribution in [2.24, 2.45) is 5.41 Å². The lowest BCUT2D eigenvalue weighted by molar-refractivity contribution is -0.385. The van der Waals surface area contributed by atoms with Crippen LogP contribution in [0.2, 0.25) is 0 Å². The van der Waals surface area contributed by atoms with Gasteiger partial charge in [0.1, 0.15) is 0 Å². The summed E-state index contributed by atoms with van der Waals surface area (Å²) in [5.41, 5.74) is -0.454. The van der Waals surface area contributed by atoms with Crippen molar-refractivity contribution in [3.8, 4) is 0 Å². The minimum Gasteiger partial charge on any atom is -0.481 e. The summed E-state index contributed by atoms with van der Waals surface area (Å²) in [6, 6.07) is 6.32. The first kappa shape index (κ1) is 14.2. The number of carboxylic acid groups (broad SMARTS) is 1. The highest BCUT2D eigenvalue weighted by atomic mass is 16.6. The molecule has 0 radical (unpaired) electrons. The third-order valence-electron chi connectivity index (χ3n) is 3.52. The van der Waals surface area contributed by atoms with Gasteiger partial charge in [0, 0.05) is 11.6 Å². The van der Waals surface area contributed by atoms with Crippen LogP contribution in [0.1, 0.15) is 32.3 Å². The molecule has 18 heavy (non-hydrogen) atoms. The number of nitro benzene ring substituents is 1. The fraction of sp³-hybridized carbons (Fsp3) is 0.462. The maximum absolute atomic E-state index is 11.4. The second kappa shape index (κ2) is 5.62. The van der Waals surface area contributed by atoms with Crippen LogP contribution in [0.3, 0.4) is 0 Å². The predicted molar refractivity (Wildman–Crippen MR) is 67.5 cm³/mol. The average Bonchev–Trinajstić information content (AvgIpc) is 2.36. The van der Waals surface area contributed by atoms with Crippen LogP contribution in [0, 0.1) is 15.5 Å². The summed E-state index contributed by atoms with van der Waals surface area (Å²) in [6.07, 6.45) is 1.09. The molecule has 0 saturated carbocycles. The molecule has 0 unspecified atom stereocenters. The summed E-state index contributed by atoms with van der Waals surface area (Å²) in [4.78, 5) is 21.8. The largest absolute Gasteiger partial charge is 0.481 e. The maximum atomic E-state index is 11.4. The first-order valence-corrected chi connectivity index (χ1v) is 5.92. The van der Waals surface area contributed by atoms with Gasteiger partial charge in [0.05, 0.1) is 10.3 Å². The van der Waals surface area contributed by atoms with Crippen molar-refractivity contribution in [1.29, 1.82) is 0 Å². The highest BCUT2D eigenvalue weighted by molar-refractivity contribution is 5.75. The number of nitro groups is 1. The molecule has 98 valence electrons. The summed E-state index contributed by atoms with van der Waals surface area (Å²) in [7, 11) is 0. The van der Waals surface area contributed by atoms with Crippen LogP contribution in [-0.4, -0.2) is 16.0 Å². The van der Waals surface area contributed by atoms with Gasteiger partial charge in [0.25, 0.3) is 5.69 Å². The topological polar surface area (TPSA) is 80.4 Å². The summed E-state index contributed by atoms with van der Waals surface area (Å²) < 4.78 is 0. The Morgan fingerprint density at radius 2 is 1.89 bits per heavy atom. The molecular formula is C13H17NO4. The molecule has 0 atom stereocenters. The van der Waals surface area contributed by atoms with E-state index in [2.05, 4.69) is 0 Å². The lowest BCUT2D eigenvalue weighted by atomic mass is 9.77. The van der Waals surface area contributed by atoms with Crippen molar-refractivity contribution in [3.05, 3.63) is 39.9 Å². The molecule has 1 N–H and O–H groups in total. The summed E-state index contributed by atoms with van der Waals surface area (Å²) in [6.45, 7) is 3.60. The van der Waals surface area contributed by atoms with E-state index in [0.717, 1.165) is 0 Å². The van der Waals surface area contributed by atoms with Crippen LogP contribution in [0.25, 0.3) is 0 Å². The molecule has 0 aliphatic carbocycles. The number of hydrogen-bond donors (Lipinski definition) is 1. The molecule has 0 spiro atoms. The Labute approximate surface area is 106 Å². The third-order valence-corrected chi connectivity index (χ3v) is 3.52. The smallest absolute Gasteiger partial charge is 0.309 e. The van der Waals surface area contributed by atoms with Crippen molar-refractivity contribution in [2.45, 2.75) is 33.1 Å². The molecule has 0 heterocycles. The number of aliphatic carboxylic acids is 1. The van der Waals surface area contributed by atoms with E-state index in [9.17, 15) is 20.0 Å². The van der Waals surface area contributed by atoms with Crippen LogP contribution in [0.5, 0.6) is 0 Å². The molecule has 0 aliphatic heterocycles. The molecule has 5 nitrogen and oxygen atoms in total. The van der Waals surface area contributed by atoms with Crippen LogP contribution >= 0.6 is 0 Å². The average molecular weight is 251 g/mol. The Morgan fingerprint density at radius 3 is 2.33 bits per heavy atom.